The third-order valence-electron chi connectivity index (χ3n) is 6.22. The standard InChI is InChI=1S/C22H23NO4/c24-18-7-8-20-15(11-18)3-4-16-12-19(25)9-10-22(16,20)13-14-1-5-17(6-2-14)23-21(26)27/h1-2,5-8,11,16,23-24H,3-4,9-10,12-13H2,(H,26,27). The summed E-state index contributed by atoms with van der Waals surface area (Å²) >= 11 is 0. The minimum atomic E-state index is -1.08. The van der Waals surface area contributed by atoms with Gasteiger partial charge in [0, 0.05) is 23.9 Å². The molecule has 2 aliphatic rings. The summed E-state index contributed by atoms with van der Waals surface area (Å²) in [4.78, 5) is 22.9. The maximum Gasteiger partial charge on any atom is 0.409 e. The Morgan fingerprint density at radius 1 is 1.15 bits per heavy atom. The van der Waals surface area contributed by atoms with E-state index in [0.29, 0.717) is 36.0 Å². The number of aromatic hydroxyl groups is 1. The monoisotopic (exact) mass is 365 g/mol. The van der Waals surface area contributed by atoms with Gasteiger partial charge in [-0.25, -0.2) is 4.79 Å². The average Bonchev–Trinajstić information content (AvgIpc) is 2.63. The second kappa shape index (κ2) is 6.72. The molecule has 2 aliphatic carbocycles. The molecule has 1 saturated carbocycles. The van der Waals surface area contributed by atoms with Gasteiger partial charge in [0.2, 0.25) is 0 Å². The minimum absolute atomic E-state index is 0.100. The van der Waals surface area contributed by atoms with Crippen molar-refractivity contribution in [3.8, 4) is 5.75 Å². The molecular formula is C22H23NO4. The topological polar surface area (TPSA) is 86.6 Å². The highest BCUT2D eigenvalue weighted by Gasteiger charge is 2.47. The van der Waals surface area contributed by atoms with E-state index in [9.17, 15) is 14.7 Å². The van der Waals surface area contributed by atoms with E-state index < -0.39 is 6.09 Å². The molecule has 0 aromatic heterocycles. The van der Waals surface area contributed by atoms with E-state index in [1.165, 1.54) is 11.1 Å². The number of carboxylic acid groups (broad SMARTS) is 1. The fraction of sp³-hybridized carbons (Fsp3) is 0.364. The Morgan fingerprint density at radius 3 is 2.67 bits per heavy atom. The highest BCUT2D eigenvalue weighted by molar-refractivity contribution is 5.82. The Morgan fingerprint density at radius 2 is 1.93 bits per heavy atom. The number of anilines is 1. The number of ketones is 1. The smallest absolute Gasteiger partial charge is 0.409 e. The quantitative estimate of drug-likeness (QED) is 0.758. The molecule has 0 heterocycles. The summed E-state index contributed by atoms with van der Waals surface area (Å²) in [6, 6.07) is 13.1. The molecule has 140 valence electrons. The number of amides is 1. The molecule has 0 bridgehead atoms. The van der Waals surface area contributed by atoms with Crippen LogP contribution in [0.1, 0.15) is 42.4 Å². The molecule has 0 saturated heterocycles. The summed E-state index contributed by atoms with van der Waals surface area (Å²) in [7, 11) is 0. The molecule has 5 nitrogen and oxygen atoms in total. The zero-order valence-corrected chi connectivity index (χ0v) is 15.1. The third-order valence-corrected chi connectivity index (χ3v) is 6.22. The van der Waals surface area contributed by atoms with Gasteiger partial charge < -0.3 is 10.2 Å². The summed E-state index contributed by atoms with van der Waals surface area (Å²) in [6.07, 6.45) is 3.63. The lowest BCUT2D eigenvalue weighted by Gasteiger charge is -2.48. The van der Waals surface area contributed by atoms with Crippen LogP contribution in [0.4, 0.5) is 10.5 Å². The predicted octanol–water partition coefficient (Wildman–Crippen LogP) is 4.28. The van der Waals surface area contributed by atoms with E-state index >= 15 is 0 Å². The Balaban J connectivity index is 1.70. The maximum absolute atomic E-state index is 12.1. The molecule has 0 radical (unpaired) electrons. The molecule has 2 aromatic carbocycles. The maximum atomic E-state index is 12.1. The molecule has 3 N–H and O–H groups in total. The van der Waals surface area contributed by atoms with Crippen LogP contribution in [0.25, 0.3) is 0 Å². The number of nitrogens with one attached hydrogen (secondary N) is 1. The van der Waals surface area contributed by atoms with Crippen LogP contribution >= 0.6 is 0 Å². The number of rotatable bonds is 3. The summed E-state index contributed by atoms with van der Waals surface area (Å²) in [5.41, 5.74) is 4.03. The third kappa shape index (κ3) is 3.29. The molecule has 1 fully saturated rings. The van der Waals surface area contributed by atoms with Gasteiger partial charge in [-0.2, -0.15) is 0 Å². The van der Waals surface area contributed by atoms with Gasteiger partial charge in [0.05, 0.1) is 0 Å². The SMILES string of the molecule is O=C1CCC2(Cc3ccc(NC(=O)O)cc3)c3ccc(O)cc3CCC2C1. The fourth-order valence-corrected chi connectivity index (χ4v) is 5.00. The average molecular weight is 365 g/mol. The Hall–Kier alpha value is -2.82. The van der Waals surface area contributed by atoms with Crippen LogP contribution in [0.5, 0.6) is 5.75 Å². The molecule has 5 heteroatoms. The van der Waals surface area contributed by atoms with Crippen LogP contribution in [0.2, 0.25) is 0 Å². The summed E-state index contributed by atoms with van der Waals surface area (Å²) in [6.45, 7) is 0. The highest BCUT2D eigenvalue weighted by atomic mass is 16.4. The lowest BCUT2D eigenvalue weighted by Crippen LogP contribution is -2.45. The Kier molecular flexibility index (Phi) is 4.38. The largest absolute Gasteiger partial charge is 0.508 e. The predicted molar refractivity (Wildman–Crippen MR) is 102 cm³/mol. The molecular weight excluding hydrogens is 342 g/mol. The number of carbonyl (C=O) groups is 2. The molecule has 0 aliphatic heterocycles. The minimum Gasteiger partial charge on any atom is -0.508 e. The van der Waals surface area contributed by atoms with Gasteiger partial charge in [0.15, 0.2) is 0 Å². The van der Waals surface area contributed by atoms with Crippen molar-refractivity contribution in [2.24, 2.45) is 5.92 Å². The first-order chi connectivity index (χ1) is 13.0. The number of Topliss-reactive ketones (excluding diaryl/α,β-unsaturated/α-hetero) is 1. The van der Waals surface area contributed by atoms with Crippen molar-refractivity contribution in [2.45, 2.75) is 43.9 Å². The van der Waals surface area contributed by atoms with Crippen LogP contribution in [0.15, 0.2) is 42.5 Å². The van der Waals surface area contributed by atoms with Gasteiger partial charge in [0.1, 0.15) is 11.5 Å². The van der Waals surface area contributed by atoms with Gasteiger partial charge in [-0.05, 0) is 72.6 Å². The summed E-state index contributed by atoms with van der Waals surface area (Å²) in [5.74, 6) is 0.949. The number of hydrogen-bond donors (Lipinski definition) is 3. The van der Waals surface area contributed by atoms with E-state index in [4.69, 9.17) is 5.11 Å². The van der Waals surface area contributed by atoms with E-state index in [0.717, 1.165) is 31.2 Å². The first-order valence-electron chi connectivity index (χ1n) is 9.39. The molecule has 0 spiro atoms. The van der Waals surface area contributed by atoms with Crippen molar-refractivity contribution in [1.82, 2.24) is 0 Å². The van der Waals surface area contributed by atoms with Gasteiger partial charge in [-0.3, -0.25) is 10.1 Å². The molecule has 2 atom stereocenters. The molecule has 2 aromatic rings. The number of benzene rings is 2. The van der Waals surface area contributed by atoms with E-state index in [2.05, 4.69) is 5.32 Å². The normalized spacial score (nSPS) is 24.0. The fourth-order valence-electron chi connectivity index (χ4n) is 5.00. The van der Waals surface area contributed by atoms with Crippen molar-refractivity contribution in [1.29, 1.82) is 0 Å². The molecule has 2 unspecified atom stereocenters. The van der Waals surface area contributed by atoms with Gasteiger partial charge in [0.25, 0.3) is 0 Å². The zero-order valence-electron chi connectivity index (χ0n) is 15.1. The number of aryl methyl sites for hydroxylation is 1. The van der Waals surface area contributed by atoms with Crippen LogP contribution in [-0.2, 0) is 23.1 Å². The van der Waals surface area contributed by atoms with Gasteiger partial charge in [-0.1, -0.05) is 18.2 Å². The van der Waals surface area contributed by atoms with Crippen molar-refractivity contribution in [3.63, 3.8) is 0 Å². The van der Waals surface area contributed by atoms with Crippen LogP contribution in [-0.4, -0.2) is 22.1 Å². The highest BCUT2D eigenvalue weighted by Crippen LogP contribution is 2.51. The van der Waals surface area contributed by atoms with Crippen molar-refractivity contribution in [2.75, 3.05) is 5.32 Å². The lowest BCUT2D eigenvalue weighted by molar-refractivity contribution is -0.123. The Bertz CT molecular complexity index is 890. The van der Waals surface area contributed by atoms with Crippen LogP contribution in [0.3, 0.4) is 0 Å². The van der Waals surface area contributed by atoms with Crippen LogP contribution in [0, 0.1) is 5.92 Å². The first kappa shape index (κ1) is 17.6. The van der Waals surface area contributed by atoms with Crippen LogP contribution < -0.4 is 5.32 Å². The van der Waals surface area contributed by atoms with Crippen molar-refractivity contribution >= 4 is 17.6 Å². The Labute approximate surface area is 158 Å². The second-order valence-corrected chi connectivity index (χ2v) is 7.78. The summed E-state index contributed by atoms with van der Waals surface area (Å²) < 4.78 is 0. The number of carbonyl (C=O) groups excluding carboxylic acids is 1. The van der Waals surface area contributed by atoms with Crippen molar-refractivity contribution < 1.29 is 19.8 Å². The number of phenolic OH excluding ortho intramolecular Hbond substituents is 1. The molecule has 1 amide bonds. The van der Waals surface area contributed by atoms with E-state index in [-0.39, 0.29) is 5.41 Å². The summed E-state index contributed by atoms with van der Waals surface area (Å²) in [5, 5.41) is 21.1. The molecule has 27 heavy (non-hydrogen) atoms. The lowest BCUT2D eigenvalue weighted by atomic mass is 9.55. The number of phenols is 1. The van der Waals surface area contributed by atoms with Crippen molar-refractivity contribution in [3.05, 3.63) is 59.2 Å². The van der Waals surface area contributed by atoms with Gasteiger partial charge in [-0.15, -0.1) is 0 Å². The van der Waals surface area contributed by atoms with E-state index in [1.807, 2.05) is 24.3 Å². The zero-order chi connectivity index (χ0) is 19.0. The van der Waals surface area contributed by atoms with Gasteiger partial charge >= 0.3 is 6.09 Å². The first-order valence-corrected chi connectivity index (χ1v) is 9.39. The molecule has 4 rings (SSSR count). The van der Waals surface area contributed by atoms with E-state index in [1.54, 1.807) is 18.2 Å². The second-order valence-electron chi connectivity index (χ2n) is 7.78. The number of fused-ring (bicyclic) bond motifs is 3. The number of hydrogen-bond acceptors (Lipinski definition) is 3.